The standard InChI is InChI=1S/C12H28N6O2/c1-3-5-6-10(18(16)12(14)20)9(4-2)7-8-17(15)11(13)19/h9-10H,3-8,15-16H2,1-2H3,(H2,13,19)(H2,14,20). The maximum absolute atomic E-state index is 11.3. The van der Waals surface area contributed by atoms with Crippen molar-refractivity contribution in [2.45, 2.75) is 52.0 Å². The third kappa shape index (κ3) is 6.07. The van der Waals surface area contributed by atoms with Crippen LogP contribution in [0.3, 0.4) is 0 Å². The van der Waals surface area contributed by atoms with E-state index in [1.807, 2.05) is 6.92 Å². The van der Waals surface area contributed by atoms with Crippen LogP contribution in [0.4, 0.5) is 9.59 Å². The smallest absolute Gasteiger partial charge is 0.329 e. The molecule has 8 nitrogen and oxygen atoms in total. The second-order valence-electron chi connectivity index (χ2n) is 4.94. The predicted octanol–water partition coefficient (Wildman–Crippen LogP) is 0.470. The fraction of sp³-hybridized carbons (Fsp3) is 0.833. The van der Waals surface area contributed by atoms with Gasteiger partial charge in [0.15, 0.2) is 0 Å². The molecule has 8 heteroatoms. The van der Waals surface area contributed by atoms with Gasteiger partial charge in [-0.3, -0.25) is 10.0 Å². The van der Waals surface area contributed by atoms with Crippen molar-refractivity contribution in [3.63, 3.8) is 0 Å². The van der Waals surface area contributed by atoms with Crippen LogP contribution < -0.4 is 23.2 Å². The average molecular weight is 288 g/mol. The van der Waals surface area contributed by atoms with E-state index in [9.17, 15) is 9.59 Å². The molecule has 0 bridgehead atoms. The fourth-order valence-electron chi connectivity index (χ4n) is 2.26. The number of nitrogens with two attached hydrogens (primary N) is 4. The lowest BCUT2D eigenvalue weighted by molar-refractivity contribution is 0.134. The van der Waals surface area contributed by atoms with E-state index >= 15 is 0 Å². The molecular formula is C12H28N6O2. The van der Waals surface area contributed by atoms with E-state index in [4.69, 9.17) is 23.2 Å². The lowest BCUT2D eigenvalue weighted by Gasteiger charge is -2.33. The Morgan fingerprint density at radius 1 is 1.05 bits per heavy atom. The summed E-state index contributed by atoms with van der Waals surface area (Å²) in [5, 5.41) is 2.06. The normalized spacial score (nSPS) is 13.6. The molecule has 4 amide bonds. The molecule has 0 aromatic heterocycles. The first kappa shape index (κ1) is 18.5. The maximum atomic E-state index is 11.3. The minimum Gasteiger partial charge on any atom is -0.350 e. The first-order valence-corrected chi connectivity index (χ1v) is 7.00. The molecule has 0 heterocycles. The number of carbonyl (C=O) groups is 2. The Morgan fingerprint density at radius 2 is 1.65 bits per heavy atom. The predicted molar refractivity (Wildman–Crippen MR) is 77.8 cm³/mol. The number of amides is 4. The molecule has 0 aliphatic heterocycles. The molecule has 2 unspecified atom stereocenters. The summed E-state index contributed by atoms with van der Waals surface area (Å²) < 4.78 is 0. The molecule has 0 aliphatic rings. The zero-order valence-corrected chi connectivity index (χ0v) is 12.4. The molecular weight excluding hydrogens is 260 g/mol. The zero-order valence-electron chi connectivity index (χ0n) is 12.4. The summed E-state index contributed by atoms with van der Waals surface area (Å²) in [6, 6.07) is -1.48. The number of carbonyl (C=O) groups excluding carboxylic acids is 2. The minimum absolute atomic E-state index is 0.115. The Morgan fingerprint density at radius 3 is 2.05 bits per heavy atom. The van der Waals surface area contributed by atoms with Crippen LogP contribution in [0, 0.1) is 5.92 Å². The number of unbranched alkanes of at least 4 members (excludes halogenated alkanes) is 1. The molecule has 0 saturated heterocycles. The number of hydrogen-bond donors (Lipinski definition) is 4. The van der Waals surface area contributed by atoms with Gasteiger partial charge in [-0.15, -0.1) is 0 Å². The molecule has 0 spiro atoms. The molecule has 118 valence electrons. The number of nitrogens with zero attached hydrogens (tertiary/aromatic N) is 2. The van der Waals surface area contributed by atoms with E-state index in [0.717, 1.165) is 35.7 Å². The van der Waals surface area contributed by atoms with Gasteiger partial charge in [-0.2, -0.15) is 0 Å². The van der Waals surface area contributed by atoms with Crippen LogP contribution in [0.15, 0.2) is 0 Å². The third-order valence-corrected chi connectivity index (χ3v) is 3.56. The second-order valence-corrected chi connectivity index (χ2v) is 4.94. The summed E-state index contributed by atoms with van der Waals surface area (Å²) in [7, 11) is 0. The van der Waals surface area contributed by atoms with Gasteiger partial charge in [-0.05, 0) is 18.8 Å². The zero-order chi connectivity index (χ0) is 15.7. The van der Waals surface area contributed by atoms with Crippen molar-refractivity contribution < 1.29 is 9.59 Å². The van der Waals surface area contributed by atoms with Crippen LogP contribution in [0.5, 0.6) is 0 Å². The number of rotatable bonds is 9. The summed E-state index contributed by atoms with van der Waals surface area (Å²) in [5.41, 5.74) is 10.3. The van der Waals surface area contributed by atoms with Gasteiger partial charge < -0.3 is 11.5 Å². The number of urea groups is 2. The van der Waals surface area contributed by atoms with Crippen LogP contribution in [0.25, 0.3) is 0 Å². The summed E-state index contributed by atoms with van der Waals surface area (Å²) in [5.74, 6) is 11.4. The van der Waals surface area contributed by atoms with Crippen molar-refractivity contribution in [3.05, 3.63) is 0 Å². The first-order chi connectivity index (χ1) is 9.34. The van der Waals surface area contributed by atoms with E-state index in [1.165, 1.54) is 0 Å². The van der Waals surface area contributed by atoms with Crippen molar-refractivity contribution in [1.82, 2.24) is 10.0 Å². The van der Waals surface area contributed by atoms with Crippen LogP contribution in [-0.2, 0) is 0 Å². The van der Waals surface area contributed by atoms with Gasteiger partial charge in [0.05, 0.1) is 6.04 Å². The van der Waals surface area contributed by atoms with Crippen molar-refractivity contribution in [2.75, 3.05) is 6.54 Å². The van der Waals surface area contributed by atoms with Crippen molar-refractivity contribution in [2.24, 2.45) is 29.1 Å². The van der Waals surface area contributed by atoms with Crippen molar-refractivity contribution >= 4 is 12.1 Å². The van der Waals surface area contributed by atoms with Gasteiger partial charge in [0, 0.05) is 6.54 Å². The Kier molecular flexibility index (Phi) is 8.66. The molecule has 0 fully saturated rings. The lowest BCUT2D eigenvalue weighted by atomic mass is 9.89. The van der Waals surface area contributed by atoms with Crippen LogP contribution in [-0.4, -0.2) is 34.7 Å². The summed E-state index contributed by atoms with van der Waals surface area (Å²) in [6.07, 6.45) is 4.15. The van der Waals surface area contributed by atoms with E-state index in [1.54, 1.807) is 0 Å². The molecule has 0 aromatic rings. The third-order valence-electron chi connectivity index (χ3n) is 3.56. The van der Waals surface area contributed by atoms with Crippen LogP contribution >= 0.6 is 0 Å². The molecule has 0 saturated carbocycles. The Labute approximate surface area is 120 Å². The van der Waals surface area contributed by atoms with E-state index in [0.29, 0.717) is 13.0 Å². The highest BCUT2D eigenvalue weighted by Crippen LogP contribution is 2.22. The van der Waals surface area contributed by atoms with Crippen molar-refractivity contribution in [3.8, 4) is 0 Å². The number of hydrazine groups is 2. The molecule has 2 atom stereocenters. The average Bonchev–Trinajstić information content (AvgIpc) is 2.41. The second kappa shape index (κ2) is 9.38. The van der Waals surface area contributed by atoms with Gasteiger partial charge in [-0.1, -0.05) is 33.1 Å². The topological polar surface area (TPSA) is 145 Å². The molecule has 20 heavy (non-hydrogen) atoms. The van der Waals surface area contributed by atoms with Gasteiger partial charge in [-0.25, -0.2) is 21.3 Å². The number of primary amides is 2. The molecule has 8 N–H and O–H groups in total. The maximum Gasteiger partial charge on any atom is 0.329 e. The largest absolute Gasteiger partial charge is 0.350 e. The monoisotopic (exact) mass is 288 g/mol. The lowest BCUT2D eigenvalue weighted by Crippen LogP contribution is -2.52. The quantitative estimate of drug-likeness (QED) is 0.277. The fourth-order valence-corrected chi connectivity index (χ4v) is 2.26. The Hall–Kier alpha value is -1.54. The SMILES string of the molecule is CCCCC(C(CC)CCN(N)C(N)=O)N(N)C(N)=O. The summed E-state index contributed by atoms with van der Waals surface area (Å²) in [6.45, 7) is 4.39. The summed E-state index contributed by atoms with van der Waals surface area (Å²) >= 11 is 0. The minimum atomic E-state index is -0.676. The van der Waals surface area contributed by atoms with E-state index < -0.39 is 12.1 Å². The van der Waals surface area contributed by atoms with Gasteiger partial charge in [0.2, 0.25) is 0 Å². The highest BCUT2D eigenvalue weighted by atomic mass is 16.2. The summed E-state index contributed by atoms with van der Waals surface area (Å²) in [4.78, 5) is 22.2. The Bertz CT molecular complexity index is 312. The van der Waals surface area contributed by atoms with Gasteiger partial charge in [0.25, 0.3) is 0 Å². The van der Waals surface area contributed by atoms with E-state index in [-0.39, 0.29) is 12.0 Å². The molecule has 0 rings (SSSR count). The number of hydrogen-bond acceptors (Lipinski definition) is 4. The molecule has 0 radical (unpaired) electrons. The highest BCUT2D eigenvalue weighted by molar-refractivity contribution is 5.71. The molecule has 0 aromatic carbocycles. The highest BCUT2D eigenvalue weighted by Gasteiger charge is 2.27. The van der Waals surface area contributed by atoms with E-state index in [2.05, 4.69) is 6.92 Å². The van der Waals surface area contributed by atoms with Crippen LogP contribution in [0.2, 0.25) is 0 Å². The first-order valence-electron chi connectivity index (χ1n) is 7.00. The Balaban J connectivity index is 4.71. The van der Waals surface area contributed by atoms with Gasteiger partial charge in [0.1, 0.15) is 0 Å². The van der Waals surface area contributed by atoms with Crippen LogP contribution in [0.1, 0.15) is 46.0 Å². The van der Waals surface area contributed by atoms with Gasteiger partial charge >= 0.3 is 12.1 Å². The molecule has 0 aliphatic carbocycles. The van der Waals surface area contributed by atoms with Crippen molar-refractivity contribution in [1.29, 1.82) is 0 Å².